The smallest absolute Gasteiger partial charge is 0.324 e. The summed E-state index contributed by atoms with van der Waals surface area (Å²) in [7, 11) is 0. The summed E-state index contributed by atoms with van der Waals surface area (Å²) in [5.41, 5.74) is 2.01. The van der Waals surface area contributed by atoms with Gasteiger partial charge in [-0.3, -0.25) is 4.57 Å². The van der Waals surface area contributed by atoms with Crippen LogP contribution in [-0.4, -0.2) is 38.6 Å². The summed E-state index contributed by atoms with van der Waals surface area (Å²) in [6.07, 6.45) is 2.83. The number of likely N-dealkylation sites (tertiary alicyclic amines) is 1. The number of nitrogens with one attached hydrogen (secondary N) is 2. The van der Waals surface area contributed by atoms with Gasteiger partial charge in [-0.05, 0) is 47.0 Å². The van der Waals surface area contributed by atoms with E-state index in [-0.39, 0.29) is 27.9 Å². The first-order chi connectivity index (χ1) is 13.4. The van der Waals surface area contributed by atoms with Crippen LogP contribution in [-0.2, 0) is 0 Å². The van der Waals surface area contributed by atoms with Crippen molar-refractivity contribution < 1.29 is 4.79 Å². The van der Waals surface area contributed by atoms with Crippen LogP contribution in [0.25, 0.3) is 11.0 Å². The molecule has 2 aromatic heterocycles. The highest BCUT2D eigenvalue weighted by atomic mass is 79.9. The van der Waals surface area contributed by atoms with Crippen LogP contribution in [0.1, 0.15) is 18.9 Å². The van der Waals surface area contributed by atoms with Crippen molar-refractivity contribution in [1.82, 2.24) is 19.4 Å². The maximum Gasteiger partial charge on any atom is 0.326 e. The Kier molecular flexibility index (Phi) is 5.35. The van der Waals surface area contributed by atoms with Gasteiger partial charge < -0.3 is 15.2 Å². The average molecular weight is 485 g/mol. The molecular formula is C18H16BrCl2N5O2. The monoisotopic (exact) mass is 483 g/mol. The zero-order valence-electron chi connectivity index (χ0n) is 14.6. The number of urea groups is 1. The number of anilines is 1. The van der Waals surface area contributed by atoms with E-state index in [0.29, 0.717) is 31.6 Å². The number of para-hydroxylation sites is 1. The maximum atomic E-state index is 12.5. The SMILES string of the molecule is O=C(Nc1cnc(Cl)c(Cl)c1)N1CCC(n2c(=O)[nH]c3c(Br)cccc32)CC1. The topological polar surface area (TPSA) is 83.0 Å². The normalized spacial score (nSPS) is 15.2. The molecule has 0 bridgehead atoms. The summed E-state index contributed by atoms with van der Waals surface area (Å²) in [6, 6.07) is 7.09. The zero-order chi connectivity index (χ0) is 19.8. The van der Waals surface area contributed by atoms with Gasteiger partial charge in [-0.15, -0.1) is 0 Å². The van der Waals surface area contributed by atoms with Crippen LogP contribution in [0, 0.1) is 0 Å². The van der Waals surface area contributed by atoms with Crippen molar-refractivity contribution in [3.8, 4) is 0 Å². The summed E-state index contributed by atoms with van der Waals surface area (Å²) < 4.78 is 2.64. The minimum atomic E-state index is -0.229. The van der Waals surface area contributed by atoms with Crippen molar-refractivity contribution in [1.29, 1.82) is 0 Å². The largest absolute Gasteiger partial charge is 0.326 e. The molecule has 3 heterocycles. The maximum absolute atomic E-state index is 12.5. The fourth-order valence-corrected chi connectivity index (χ4v) is 4.22. The highest BCUT2D eigenvalue weighted by molar-refractivity contribution is 9.10. The highest BCUT2D eigenvalue weighted by Gasteiger charge is 2.26. The van der Waals surface area contributed by atoms with Crippen LogP contribution in [0.5, 0.6) is 0 Å². The molecular weight excluding hydrogens is 469 g/mol. The molecule has 146 valence electrons. The van der Waals surface area contributed by atoms with Crippen LogP contribution >= 0.6 is 39.1 Å². The van der Waals surface area contributed by atoms with Crippen LogP contribution in [0.4, 0.5) is 10.5 Å². The quantitative estimate of drug-likeness (QED) is 0.518. The Morgan fingerprint density at radius 1 is 1.29 bits per heavy atom. The number of fused-ring (bicyclic) bond motifs is 1. The van der Waals surface area contributed by atoms with Crippen molar-refractivity contribution in [3.63, 3.8) is 0 Å². The van der Waals surface area contributed by atoms with Crippen molar-refractivity contribution in [2.75, 3.05) is 18.4 Å². The molecule has 1 aliphatic heterocycles. The van der Waals surface area contributed by atoms with Crippen molar-refractivity contribution in [2.45, 2.75) is 18.9 Å². The lowest BCUT2D eigenvalue weighted by Gasteiger charge is -2.32. The third-order valence-corrected chi connectivity index (χ3v) is 6.21. The molecule has 3 aromatic rings. The van der Waals surface area contributed by atoms with E-state index in [2.05, 4.69) is 31.2 Å². The number of hydrogen-bond acceptors (Lipinski definition) is 3. The standard InChI is InChI=1S/C18H16BrCl2N5O2/c19-12-2-1-3-14-15(12)24-18(28)26(14)11-4-6-25(7-5-11)17(27)23-10-8-13(20)16(21)22-9-10/h1-3,8-9,11H,4-7H2,(H,23,27)(H,24,28). The van der Waals surface area contributed by atoms with Crippen LogP contribution in [0.2, 0.25) is 10.2 Å². The second kappa shape index (κ2) is 7.77. The molecule has 0 atom stereocenters. The number of aromatic nitrogens is 3. The number of rotatable bonds is 2. The molecule has 1 aliphatic rings. The van der Waals surface area contributed by atoms with E-state index in [1.165, 1.54) is 6.20 Å². The number of amides is 2. The molecule has 0 spiro atoms. The average Bonchev–Trinajstić information content (AvgIpc) is 3.02. The Balaban J connectivity index is 1.45. The van der Waals surface area contributed by atoms with Crippen LogP contribution < -0.4 is 11.0 Å². The fraction of sp³-hybridized carbons (Fsp3) is 0.278. The molecule has 0 radical (unpaired) electrons. The molecule has 1 fully saturated rings. The molecule has 7 nitrogen and oxygen atoms in total. The number of carbonyl (C=O) groups excluding carboxylic acids is 1. The number of aromatic amines is 1. The first-order valence-corrected chi connectivity index (χ1v) is 10.2. The van der Waals surface area contributed by atoms with E-state index in [1.807, 2.05) is 18.2 Å². The summed E-state index contributed by atoms with van der Waals surface area (Å²) in [5, 5.41) is 3.25. The van der Waals surface area contributed by atoms with E-state index >= 15 is 0 Å². The summed E-state index contributed by atoms with van der Waals surface area (Å²) in [6.45, 7) is 1.08. The molecule has 2 N–H and O–H groups in total. The van der Waals surface area contributed by atoms with E-state index < -0.39 is 0 Å². The number of nitrogens with zero attached hydrogens (tertiary/aromatic N) is 3. The molecule has 0 saturated carbocycles. The molecule has 28 heavy (non-hydrogen) atoms. The number of carbonyl (C=O) groups is 1. The van der Waals surface area contributed by atoms with Gasteiger partial charge in [-0.2, -0.15) is 0 Å². The molecule has 1 saturated heterocycles. The number of imidazole rings is 1. The minimum Gasteiger partial charge on any atom is -0.324 e. The van der Waals surface area contributed by atoms with Gasteiger partial charge in [0, 0.05) is 23.6 Å². The summed E-state index contributed by atoms with van der Waals surface area (Å²) in [5.74, 6) is 0. The fourth-order valence-electron chi connectivity index (χ4n) is 3.50. The molecule has 1 aromatic carbocycles. The molecule has 0 unspecified atom stereocenters. The van der Waals surface area contributed by atoms with Gasteiger partial charge in [0.2, 0.25) is 0 Å². The Labute approximate surface area is 178 Å². The van der Waals surface area contributed by atoms with Gasteiger partial charge in [0.1, 0.15) is 5.15 Å². The minimum absolute atomic E-state index is 0.0336. The Morgan fingerprint density at radius 2 is 2.04 bits per heavy atom. The Hall–Kier alpha value is -2.03. The van der Waals surface area contributed by atoms with Gasteiger partial charge in [0.25, 0.3) is 0 Å². The number of hydrogen-bond donors (Lipinski definition) is 2. The first-order valence-electron chi connectivity index (χ1n) is 8.70. The van der Waals surface area contributed by atoms with Gasteiger partial charge in [-0.25, -0.2) is 14.6 Å². The third-order valence-electron chi connectivity index (χ3n) is 4.87. The number of benzene rings is 1. The summed E-state index contributed by atoms with van der Waals surface area (Å²) in [4.78, 5) is 33.5. The van der Waals surface area contributed by atoms with Crippen molar-refractivity contribution in [3.05, 3.63) is 55.6 Å². The third kappa shape index (κ3) is 3.64. The van der Waals surface area contributed by atoms with Crippen LogP contribution in [0.15, 0.2) is 39.7 Å². The van der Waals surface area contributed by atoms with E-state index in [1.54, 1.807) is 15.5 Å². The number of pyridine rings is 1. The highest BCUT2D eigenvalue weighted by Crippen LogP contribution is 2.28. The van der Waals surface area contributed by atoms with Gasteiger partial charge in [0.05, 0.1) is 27.9 Å². The zero-order valence-corrected chi connectivity index (χ0v) is 17.7. The lowest BCUT2D eigenvalue weighted by molar-refractivity contribution is 0.184. The lowest BCUT2D eigenvalue weighted by atomic mass is 10.0. The van der Waals surface area contributed by atoms with Crippen LogP contribution in [0.3, 0.4) is 0 Å². The molecule has 4 rings (SSSR count). The van der Waals surface area contributed by atoms with E-state index in [0.717, 1.165) is 15.5 Å². The van der Waals surface area contributed by atoms with Crippen molar-refractivity contribution >= 4 is 61.9 Å². The summed E-state index contributed by atoms with van der Waals surface area (Å²) >= 11 is 15.2. The van der Waals surface area contributed by atoms with E-state index in [9.17, 15) is 9.59 Å². The van der Waals surface area contributed by atoms with Gasteiger partial charge in [0.15, 0.2) is 0 Å². The first kappa shape index (κ1) is 19.3. The number of piperidine rings is 1. The second-order valence-electron chi connectivity index (χ2n) is 6.58. The predicted octanol–water partition coefficient (Wildman–Crippen LogP) is 4.66. The van der Waals surface area contributed by atoms with Crippen molar-refractivity contribution in [2.24, 2.45) is 0 Å². The lowest BCUT2D eigenvalue weighted by Crippen LogP contribution is -2.42. The Morgan fingerprint density at radius 3 is 2.75 bits per heavy atom. The Bertz CT molecular complexity index is 1110. The van der Waals surface area contributed by atoms with Gasteiger partial charge in [-0.1, -0.05) is 29.3 Å². The predicted molar refractivity (Wildman–Crippen MR) is 113 cm³/mol. The molecule has 2 amide bonds. The number of halogens is 3. The van der Waals surface area contributed by atoms with Gasteiger partial charge >= 0.3 is 11.7 Å². The van der Waals surface area contributed by atoms with E-state index in [4.69, 9.17) is 23.2 Å². The number of H-pyrrole nitrogens is 1. The molecule has 0 aliphatic carbocycles. The molecule has 10 heteroatoms. The second-order valence-corrected chi connectivity index (χ2v) is 8.20.